The Morgan fingerprint density at radius 1 is 0.324 bits per heavy atom. The van der Waals surface area contributed by atoms with Gasteiger partial charge < -0.3 is 77.2 Å². The molecular weight excluding hydrogens is 1980 g/mol. The van der Waals surface area contributed by atoms with Crippen molar-refractivity contribution in [2.24, 2.45) is 0 Å². The molecule has 39 heteroatoms. The van der Waals surface area contributed by atoms with E-state index in [1.165, 1.54) is 73.7 Å². The Kier molecular flexibility index (Phi) is 36.1. The maximum Gasteiger partial charge on any atom is 0.265 e. The van der Waals surface area contributed by atoms with Gasteiger partial charge in [0.15, 0.2) is 51.4 Å². The minimum absolute atomic E-state index is 0.00142. The second kappa shape index (κ2) is 46.8. The molecule has 0 aliphatic rings. The van der Waals surface area contributed by atoms with Gasteiger partial charge in [-0.25, -0.2) is 26.0 Å². The lowest BCUT2D eigenvalue weighted by Crippen LogP contribution is -2.34. The summed E-state index contributed by atoms with van der Waals surface area (Å²) in [4.78, 5) is 100. The summed E-state index contributed by atoms with van der Waals surface area (Å²) in [5, 5.41) is 63.0. The molecule has 12 N–H and O–H groups in total. The number of phenols is 4. The van der Waals surface area contributed by atoms with Crippen LogP contribution in [0.1, 0.15) is 97.8 Å². The number of fused-ring (bicyclic) bond motifs is 1. The number of aryl methyl sites for hydroxylation is 4. The van der Waals surface area contributed by atoms with Gasteiger partial charge in [-0.1, -0.05) is 177 Å². The number of aromatic hydroxyl groups is 4. The number of nitrogens with one attached hydrogen (secondary N) is 8. The molecule has 0 bridgehead atoms. The van der Waals surface area contributed by atoms with Crippen LogP contribution in [0.25, 0.3) is 10.8 Å². The Morgan fingerprint density at radius 3 is 1.00 bits per heavy atom. The lowest BCUT2D eigenvalue weighted by Gasteiger charge is -2.18. The van der Waals surface area contributed by atoms with Gasteiger partial charge >= 0.3 is 0 Å². The quantitative estimate of drug-likeness (QED) is 0.0187. The number of amides is 8. The molecule has 0 fully saturated rings. The fraction of sp³-hybridized carbons (Fsp3) is 0.134. The number of ether oxygens (including phenoxy) is 3. The number of anilines is 8. The van der Waals surface area contributed by atoms with Crippen molar-refractivity contribution in [1.29, 1.82) is 0 Å². The van der Waals surface area contributed by atoms with Crippen LogP contribution in [0.5, 0.6) is 40.2 Å². The van der Waals surface area contributed by atoms with E-state index in [2.05, 4.69) is 42.5 Å². The van der Waals surface area contributed by atoms with Crippen LogP contribution in [0.3, 0.4) is 0 Å². The number of carbonyl (C=O) groups excluding carboxylic acids is 8. The number of sulfone groups is 1. The third-order valence-electron chi connectivity index (χ3n) is 19.7. The predicted molar refractivity (Wildman–Crippen MR) is 523 cm³/mol. The standard InChI is InChI=1S/C28H23Cl3N2O5S.C23H19Cl3N2O4.C23H18Cl2F2N2O4.C23H19ClF2N2O4/c1-3-26(39(37,38)18-10-15(2)19-7-5-4-6-16(19)11-18)28(36)32-23-14-25(34)24(13-22(23)31)33-27(35)17-8-9-20(29)21(30)12-17;1-12-3-6-15(7-4-12)32-13(2)22(30)27-19-11-21(29)20(10-18(19)26)28-23(31)14-5-8-16(24)17(25)9-14;1-11-3-6-21(15(25)7-11)33-12(2)22(31)28-18-10-20(30)19(9-14(18)24)29-23(32)13-4-5-16(26)17(27)8-13;1-12-3-6-15(7-4-12)32-13(2)22(30)27-19-11-21(29)20(10-16(19)24)28-23(31)14-5-8-17(25)18(26)9-14/h4-14,26,34H,3H2,1-2H3,(H,32,36)(H,33,35);3-11,13,29H,1-2H3,(H,27,30)(H,28,31);3-10,12,30H,1-2H3,(H,28,31)(H,29,32);3-11,13,29H,1-2H3,(H,27,30)(H,28,31). The first-order valence-corrected chi connectivity index (χ1v) is 45.2. The van der Waals surface area contributed by atoms with Crippen molar-refractivity contribution in [3.63, 3.8) is 0 Å². The summed E-state index contributed by atoms with van der Waals surface area (Å²) in [6.07, 6.45) is -2.62. The minimum Gasteiger partial charge on any atom is -0.506 e. The van der Waals surface area contributed by atoms with Crippen LogP contribution in [-0.2, 0) is 29.0 Å². The van der Waals surface area contributed by atoms with Crippen molar-refractivity contribution in [1.82, 2.24) is 0 Å². The van der Waals surface area contributed by atoms with Gasteiger partial charge in [-0.3, -0.25) is 38.4 Å². The third kappa shape index (κ3) is 28.0. The summed E-state index contributed by atoms with van der Waals surface area (Å²) < 4.78 is 96.6. The zero-order valence-corrected chi connectivity index (χ0v) is 79.9. The van der Waals surface area contributed by atoms with E-state index in [-0.39, 0.29) is 120 Å². The highest BCUT2D eigenvalue weighted by molar-refractivity contribution is 7.92. The van der Waals surface area contributed by atoms with Gasteiger partial charge in [0.05, 0.1) is 95.6 Å². The Hall–Kier alpha value is -13.2. The minimum atomic E-state index is -4.06. The summed E-state index contributed by atoms with van der Waals surface area (Å²) in [5.74, 6) is -9.69. The van der Waals surface area contributed by atoms with Crippen LogP contribution < -0.4 is 56.7 Å². The SMILES string of the molecule is CCC(C(=O)Nc1cc(O)c(NC(=O)c2ccc(Cl)c(Cl)c2)cc1Cl)S(=O)(=O)c1cc(C)c2ccccc2c1.Cc1ccc(OC(C)C(=O)Nc2cc(O)c(NC(=O)c3ccc(Cl)c(Cl)c3)cc2Cl)cc1.Cc1ccc(OC(C)C(=O)Nc2cc(O)c(NC(=O)c3ccc(F)c(F)c3)cc2Cl)c(Cl)c1.Cc1ccc(OC(C)C(=O)Nc2cc(O)c(NC(=O)c3ccc(F)c(F)c3)cc2Cl)cc1. The summed E-state index contributed by atoms with van der Waals surface area (Å²) in [7, 11) is -4.06. The normalized spacial score (nSPS) is 11.7. The van der Waals surface area contributed by atoms with E-state index in [1.807, 2.05) is 76.2 Å². The topological polar surface area (TPSA) is 376 Å². The van der Waals surface area contributed by atoms with Gasteiger partial charge in [0.25, 0.3) is 41.4 Å². The second-order valence-electron chi connectivity index (χ2n) is 29.9. The van der Waals surface area contributed by atoms with E-state index < -0.39 is 121 Å². The molecule has 4 unspecified atom stereocenters. The van der Waals surface area contributed by atoms with Crippen molar-refractivity contribution in [3.05, 3.63) is 337 Å². The van der Waals surface area contributed by atoms with E-state index >= 15 is 0 Å². The van der Waals surface area contributed by atoms with E-state index in [1.54, 1.807) is 75.4 Å². The predicted octanol–water partition coefficient (Wildman–Crippen LogP) is 24.8. The number of halogens is 13. The molecule has 4 atom stereocenters. The molecule has 13 aromatic carbocycles. The van der Waals surface area contributed by atoms with Crippen molar-refractivity contribution < 1.29 is 99.0 Å². The van der Waals surface area contributed by atoms with Crippen LogP contribution >= 0.6 is 104 Å². The molecule has 0 saturated heterocycles. The van der Waals surface area contributed by atoms with Crippen molar-refractivity contribution in [2.45, 2.75) is 90.3 Å². The Balaban J connectivity index is 0.000000188. The highest BCUT2D eigenvalue weighted by Crippen LogP contribution is 2.41. The van der Waals surface area contributed by atoms with Gasteiger partial charge in [0, 0.05) is 46.5 Å². The van der Waals surface area contributed by atoms with Crippen LogP contribution in [0.4, 0.5) is 63.1 Å². The number of rotatable bonds is 25. The number of benzene rings is 13. The lowest BCUT2D eigenvalue weighted by atomic mass is 10.1. The molecule has 0 spiro atoms. The zero-order valence-electron chi connectivity index (χ0n) is 72.3. The van der Waals surface area contributed by atoms with E-state index in [0.717, 1.165) is 87.6 Å². The molecule has 13 aromatic rings. The maximum atomic E-state index is 13.5. The van der Waals surface area contributed by atoms with Crippen molar-refractivity contribution in [3.8, 4) is 40.2 Å². The van der Waals surface area contributed by atoms with Gasteiger partial charge in [0.1, 0.15) is 45.5 Å². The summed E-state index contributed by atoms with van der Waals surface area (Å²) in [5.41, 5.74) is 4.12. The first-order chi connectivity index (χ1) is 64.2. The monoisotopic (exact) mass is 2050 g/mol. The Bertz CT molecular complexity index is 6740. The fourth-order valence-corrected chi connectivity index (χ4v) is 15.8. The Labute approximate surface area is 821 Å². The van der Waals surface area contributed by atoms with Gasteiger partial charge in [-0.2, -0.15) is 0 Å². The maximum absolute atomic E-state index is 13.5. The van der Waals surface area contributed by atoms with Gasteiger partial charge in [-0.15, -0.1) is 0 Å². The number of carbonyl (C=O) groups is 8. The molecule has 8 amide bonds. The smallest absolute Gasteiger partial charge is 0.265 e. The van der Waals surface area contributed by atoms with Crippen LogP contribution in [0.2, 0.25) is 45.2 Å². The summed E-state index contributed by atoms with van der Waals surface area (Å²) in [6, 6.07) is 53.7. The first-order valence-electron chi connectivity index (χ1n) is 40.3. The second-order valence-corrected chi connectivity index (χ2v) is 35.7. The number of phenolic OH excluding ortho intramolecular Hbond substituents is 4. The molecule has 0 aliphatic heterocycles. The number of hydrogen-bond donors (Lipinski definition) is 12. The average Bonchev–Trinajstić information content (AvgIpc) is 0.772. The summed E-state index contributed by atoms with van der Waals surface area (Å²) in [6.45, 7) is 13.8. The zero-order chi connectivity index (χ0) is 99.6. The highest BCUT2D eigenvalue weighted by Gasteiger charge is 2.35. The van der Waals surface area contributed by atoms with E-state index in [9.17, 15) is 84.8 Å². The average molecular weight is 2060 g/mol. The van der Waals surface area contributed by atoms with Crippen molar-refractivity contribution >= 4 is 218 Å². The fourth-order valence-electron chi connectivity index (χ4n) is 12.3. The summed E-state index contributed by atoms with van der Waals surface area (Å²) >= 11 is 54.7. The molecule has 0 heterocycles. The van der Waals surface area contributed by atoms with Crippen LogP contribution in [0, 0.1) is 51.0 Å². The molecule has 25 nitrogen and oxygen atoms in total. The Morgan fingerprint density at radius 2 is 0.654 bits per heavy atom. The largest absolute Gasteiger partial charge is 0.506 e. The molecular formula is C97H79Cl9F4N8O17S. The molecule has 706 valence electrons. The molecule has 0 aromatic heterocycles. The first kappa shape index (κ1) is 105. The van der Waals surface area contributed by atoms with Crippen molar-refractivity contribution in [2.75, 3.05) is 42.5 Å². The van der Waals surface area contributed by atoms with Gasteiger partial charge in [-0.05, 0) is 222 Å². The molecule has 136 heavy (non-hydrogen) atoms. The van der Waals surface area contributed by atoms with E-state index in [0.29, 0.717) is 27.3 Å². The van der Waals surface area contributed by atoms with Gasteiger partial charge in [0.2, 0.25) is 5.91 Å². The van der Waals surface area contributed by atoms with E-state index in [4.69, 9.17) is 119 Å². The van der Waals surface area contributed by atoms with Crippen LogP contribution in [0.15, 0.2) is 229 Å². The van der Waals surface area contributed by atoms with Crippen LogP contribution in [-0.4, -0.2) is 99.7 Å². The molecule has 13 rings (SSSR count). The molecule has 0 aliphatic carbocycles. The lowest BCUT2D eigenvalue weighted by molar-refractivity contribution is -0.122. The highest BCUT2D eigenvalue weighted by atomic mass is 35.5. The molecule has 0 radical (unpaired) electrons. The molecule has 0 saturated carbocycles. The number of hydrogen-bond acceptors (Lipinski definition) is 17. The third-order valence-corrected chi connectivity index (χ3v) is 24.9.